The van der Waals surface area contributed by atoms with Gasteiger partial charge in [-0.3, -0.25) is 14.1 Å². The molecule has 6 heteroatoms. The number of alkyl halides is 1. The number of hydrogen-bond acceptors (Lipinski definition) is 5. The monoisotopic (exact) mass is 350 g/mol. The number of hydrogen-bond donors (Lipinski definition) is 0. The van der Waals surface area contributed by atoms with E-state index in [0.717, 1.165) is 25.3 Å². The number of nitrogens with zero attached hydrogens (tertiary/aromatic N) is 1. The molecule has 138 valence electrons. The molecular weight excluding hydrogens is 324 g/mol. The minimum absolute atomic E-state index is 0.0480. The third-order valence-corrected chi connectivity index (χ3v) is 5.36. The molecule has 0 bridgehead atoms. The molecule has 2 aliphatic rings. The number of esters is 1. The summed E-state index contributed by atoms with van der Waals surface area (Å²) in [6.07, 6.45) is 1.80. The Balaban J connectivity index is 1.91. The van der Waals surface area contributed by atoms with E-state index < -0.39 is 0 Å². The van der Waals surface area contributed by atoms with Crippen molar-refractivity contribution in [1.82, 2.24) is 4.90 Å². The third kappa shape index (κ3) is 3.59. The number of halogens is 1. The second-order valence-electron chi connectivity index (χ2n) is 6.79. The summed E-state index contributed by atoms with van der Waals surface area (Å²) in [6, 6.07) is 4.23. The minimum atomic E-state index is -0.386. The molecule has 1 aromatic rings. The fourth-order valence-corrected chi connectivity index (χ4v) is 4.18. The fraction of sp³-hybridized carbons (Fsp3) is 0.632. The molecule has 2 aliphatic heterocycles. The van der Waals surface area contributed by atoms with E-state index in [1.54, 1.807) is 14.2 Å². The summed E-state index contributed by atoms with van der Waals surface area (Å²) in [6.45, 7) is 2.70. The standard InChI is InChI=1S/C19H26FNO4/c1-12(22)25-17-10-16-15-9-19(24-3)18(23-2)8-13(15)5-7-21(16)11-14(17)4-6-20/h8-9,14,16-17H,4-7,10-11H2,1-3H3/t14-,16-,17-/m0/s1/i20-1. The van der Waals surface area contributed by atoms with Gasteiger partial charge in [0.15, 0.2) is 11.5 Å². The Morgan fingerprint density at radius 3 is 2.64 bits per heavy atom. The largest absolute Gasteiger partial charge is 0.493 e. The number of methoxy groups -OCH3 is 2. The molecule has 0 aliphatic carbocycles. The average Bonchev–Trinajstić information content (AvgIpc) is 2.60. The van der Waals surface area contributed by atoms with Gasteiger partial charge < -0.3 is 14.2 Å². The zero-order valence-corrected chi connectivity index (χ0v) is 15.1. The van der Waals surface area contributed by atoms with Crippen molar-refractivity contribution in [3.63, 3.8) is 0 Å². The van der Waals surface area contributed by atoms with Crippen molar-refractivity contribution in [1.29, 1.82) is 0 Å². The van der Waals surface area contributed by atoms with Crippen molar-refractivity contribution in [2.45, 2.75) is 38.3 Å². The Labute approximate surface area is 148 Å². The molecular formula is C19H26FNO4. The van der Waals surface area contributed by atoms with Gasteiger partial charge in [0, 0.05) is 38.4 Å². The second-order valence-corrected chi connectivity index (χ2v) is 6.79. The number of fused-ring (bicyclic) bond motifs is 3. The van der Waals surface area contributed by atoms with Crippen LogP contribution < -0.4 is 9.47 Å². The first kappa shape index (κ1) is 18.0. The zero-order chi connectivity index (χ0) is 18.0. The van der Waals surface area contributed by atoms with Crippen LogP contribution in [-0.4, -0.2) is 51.0 Å². The summed E-state index contributed by atoms with van der Waals surface area (Å²) in [5.74, 6) is 1.19. The van der Waals surface area contributed by atoms with Gasteiger partial charge in [-0.2, -0.15) is 0 Å². The smallest absolute Gasteiger partial charge is 0.302 e. The first-order chi connectivity index (χ1) is 12.1. The number of carbonyl (C=O) groups excluding carboxylic acids is 1. The quantitative estimate of drug-likeness (QED) is 0.764. The van der Waals surface area contributed by atoms with Crippen LogP contribution in [0.3, 0.4) is 0 Å². The molecule has 0 saturated carbocycles. The Morgan fingerprint density at radius 2 is 2.00 bits per heavy atom. The highest BCUT2D eigenvalue weighted by Gasteiger charge is 2.40. The van der Waals surface area contributed by atoms with Crippen molar-refractivity contribution in [2.24, 2.45) is 5.92 Å². The van der Waals surface area contributed by atoms with Gasteiger partial charge in [0.2, 0.25) is 0 Å². The van der Waals surface area contributed by atoms with E-state index >= 15 is 0 Å². The molecule has 25 heavy (non-hydrogen) atoms. The van der Waals surface area contributed by atoms with E-state index in [0.29, 0.717) is 18.6 Å². The molecule has 2 heterocycles. The first-order valence-corrected chi connectivity index (χ1v) is 8.79. The Bertz CT molecular complexity index is 636. The van der Waals surface area contributed by atoms with Crippen LogP contribution >= 0.6 is 0 Å². The van der Waals surface area contributed by atoms with Crippen molar-refractivity contribution in [3.8, 4) is 11.5 Å². The van der Waals surface area contributed by atoms with Crippen LogP contribution in [0.15, 0.2) is 12.1 Å². The van der Waals surface area contributed by atoms with Gasteiger partial charge in [-0.1, -0.05) is 0 Å². The van der Waals surface area contributed by atoms with E-state index in [1.165, 1.54) is 18.1 Å². The summed E-state index contributed by atoms with van der Waals surface area (Å²) in [5, 5.41) is 0. The highest BCUT2D eigenvalue weighted by atomic mass is 18.2. The highest BCUT2D eigenvalue weighted by molar-refractivity contribution is 5.66. The van der Waals surface area contributed by atoms with Gasteiger partial charge in [0.1, 0.15) is 6.10 Å². The fourth-order valence-electron chi connectivity index (χ4n) is 4.18. The molecule has 0 amide bonds. The first-order valence-electron chi connectivity index (χ1n) is 8.79. The number of rotatable bonds is 5. The Hall–Kier alpha value is -1.82. The van der Waals surface area contributed by atoms with Gasteiger partial charge >= 0.3 is 5.97 Å². The lowest BCUT2D eigenvalue weighted by Gasteiger charge is -2.46. The topological polar surface area (TPSA) is 48.0 Å². The number of piperidine rings is 1. The normalized spacial score (nSPS) is 25.7. The van der Waals surface area contributed by atoms with Crippen LogP contribution in [-0.2, 0) is 16.0 Å². The van der Waals surface area contributed by atoms with Crippen LogP contribution in [0.1, 0.15) is 36.9 Å². The van der Waals surface area contributed by atoms with Crippen LogP contribution in [0.25, 0.3) is 0 Å². The molecule has 5 nitrogen and oxygen atoms in total. The van der Waals surface area contributed by atoms with Crippen LogP contribution in [0.2, 0.25) is 0 Å². The molecule has 0 spiro atoms. The summed E-state index contributed by atoms with van der Waals surface area (Å²) < 4.78 is 29.3. The number of ether oxygens (including phenoxy) is 3. The maximum Gasteiger partial charge on any atom is 0.302 e. The Kier molecular flexibility index (Phi) is 5.47. The van der Waals surface area contributed by atoms with Crippen LogP contribution in [0.4, 0.5) is 4.39 Å². The maximum atomic E-state index is 12.9. The average molecular weight is 350 g/mol. The van der Waals surface area contributed by atoms with Crippen molar-refractivity contribution < 1.29 is 23.4 Å². The van der Waals surface area contributed by atoms with Crippen molar-refractivity contribution in [2.75, 3.05) is 34.0 Å². The van der Waals surface area contributed by atoms with E-state index in [2.05, 4.69) is 4.90 Å². The van der Waals surface area contributed by atoms with Gasteiger partial charge in [-0.05, 0) is 36.1 Å². The Morgan fingerprint density at radius 1 is 1.28 bits per heavy atom. The summed E-state index contributed by atoms with van der Waals surface area (Å²) in [7, 11) is 3.27. The SMILES string of the molecule is COc1cc2c(cc1OC)[C@@H]1C[C@H](OC(C)=O)[C@@H](CC[18F])CN1CC2. The summed E-state index contributed by atoms with van der Waals surface area (Å²) in [4.78, 5) is 13.9. The van der Waals surface area contributed by atoms with Crippen molar-refractivity contribution >= 4 is 5.97 Å². The van der Waals surface area contributed by atoms with Crippen LogP contribution in [0.5, 0.6) is 11.5 Å². The molecule has 0 radical (unpaired) electrons. The van der Waals surface area contributed by atoms with Gasteiger partial charge in [0.25, 0.3) is 0 Å². The zero-order valence-electron chi connectivity index (χ0n) is 15.1. The van der Waals surface area contributed by atoms with Gasteiger partial charge in [-0.15, -0.1) is 0 Å². The van der Waals surface area contributed by atoms with Gasteiger partial charge in [0.05, 0.1) is 20.9 Å². The van der Waals surface area contributed by atoms with Crippen molar-refractivity contribution in [3.05, 3.63) is 23.3 Å². The summed E-state index contributed by atoms with van der Waals surface area (Å²) in [5.41, 5.74) is 2.43. The molecule has 0 N–H and O–H groups in total. The predicted molar refractivity (Wildman–Crippen MR) is 91.8 cm³/mol. The summed E-state index contributed by atoms with van der Waals surface area (Å²) >= 11 is 0. The molecule has 0 unspecified atom stereocenters. The lowest BCUT2D eigenvalue weighted by Crippen LogP contribution is -2.49. The van der Waals surface area contributed by atoms with E-state index in [4.69, 9.17) is 14.2 Å². The van der Waals surface area contributed by atoms with Gasteiger partial charge in [-0.25, -0.2) is 0 Å². The van der Waals surface area contributed by atoms with E-state index in [-0.39, 0.29) is 30.7 Å². The predicted octanol–water partition coefficient (Wildman–Crippen LogP) is 2.91. The second kappa shape index (κ2) is 7.60. The molecule has 1 fully saturated rings. The lowest BCUT2D eigenvalue weighted by atomic mass is 9.80. The number of benzene rings is 1. The molecule has 0 aromatic heterocycles. The van der Waals surface area contributed by atoms with E-state index in [1.807, 2.05) is 12.1 Å². The third-order valence-electron chi connectivity index (χ3n) is 5.36. The maximum absolute atomic E-state index is 12.9. The lowest BCUT2D eigenvalue weighted by molar-refractivity contribution is -0.154. The molecule has 1 aromatic carbocycles. The number of carbonyl (C=O) groups is 1. The molecule has 3 rings (SSSR count). The molecule has 1 saturated heterocycles. The molecule has 3 atom stereocenters. The minimum Gasteiger partial charge on any atom is -0.493 e. The van der Waals surface area contributed by atoms with E-state index in [9.17, 15) is 9.18 Å². The van der Waals surface area contributed by atoms with Crippen LogP contribution in [0, 0.1) is 5.92 Å². The highest BCUT2D eigenvalue weighted by Crippen LogP contribution is 2.43.